The number of carbonyl (C=O) groups is 1. The molecule has 2 heterocycles. The molecule has 1 unspecified atom stereocenters. The zero-order valence-electron chi connectivity index (χ0n) is 26.3. The summed E-state index contributed by atoms with van der Waals surface area (Å²) in [6.45, 7) is 4.18. The van der Waals surface area contributed by atoms with Gasteiger partial charge in [-0.1, -0.05) is 129 Å². The van der Waals surface area contributed by atoms with Crippen LogP contribution in [0.4, 0.5) is 0 Å². The summed E-state index contributed by atoms with van der Waals surface area (Å²) in [6.07, 6.45) is 30.5. The molecule has 5 heteroatoms. The number of cyclic esters (lactones) is 1. The fourth-order valence-corrected chi connectivity index (χ4v) is 6.37. The quantitative estimate of drug-likeness (QED) is 0.0809. The standard InChI is InChI=1S/C35H64O5/c1-3-4-5-6-7-8-12-15-18-21-24-31(36)33-26-27-34(40-33)32(37)25-22-19-16-13-10-9-11-14-17-20-23-30-28-29(2)39-35(30)38/h28-29,31-34,36-37H,3-27H2,1-2H3/t29-,31+,32+,33+,34?/m0/s1. The first-order chi connectivity index (χ1) is 19.5. The first-order valence-corrected chi connectivity index (χ1v) is 17.4. The van der Waals surface area contributed by atoms with E-state index in [1.54, 1.807) is 0 Å². The van der Waals surface area contributed by atoms with E-state index in [2.05, 4.69) is 6.92 Å². The first-order valence-electron chi connectivity index (χ1n) is 17.4. The van der Waals surface area contributed by atoms with Crippen LogP contribution >= 0.6 is 0 Å². The number of rotatable bonds is 26. The highest BCUT2D eigenvalue weighted by atomic mass is 16.5. The highest BCUT2D eigenvalue weighted by Gasteiger charge is 2.34. The summed E-state index contributed by atoms with van der Waals surface area (Å²) in [5, 5.41) is 21.2. The van der Waals surface area contributed by atoms with Gasteiger partial charge in [-0.05, 0) is 51.5 Å². The Balaban J connectivity index is 1.35. The lowest BCUT2D eigenvalue weighted by Crippen LogP contribution is -2.31. The second-order valence-corrected chi connectivity index (χ2v) is 12.8. The van der Waals surface area contributed by atoms with Gasteiger partial charge in [-0.25, -0.2) is 4.79 Å². The third-order valence-electron chi connectivity index (χ3n) is 8.98. The minimum Gasteiger partial charge on any atom is -0.455 e. The van der Waals surface area contributed by atoms with Crippen LogP contribution < -0.4 is 0 Å². The van der Waals surface area contributed by atoms with Crippen LogP contribution in [0.25, 0.3) is 0 Å². The minimum absolute atomic E-state index is 0.0443. The Morgan fingerprint density at radius 3 is 1.48 bits per heavy atom. The van der Waals surface area contributed by atoms with Crippen LogP contribution in [0.5, 0.6) is 0 Å². The normalized spacial score (nSPS) is 22.4. The molecule has 0 aliphatic carbocycles. The fourth-order valence-electron chi connectivity index (χ4n) is 6.37. The van der Waals surface area contributed by atoms with E-state index in [9.17, 15) is 15.0 Å². The summed E-state index contributed by atoms with van der Waals surface area (Å²) in [7, 11) is 0. The molecule has 2 aliphatic heterocycles. The van der Waals surface area contributed by atoms with E-state index in [1.165, 1.54) is 109 Å². The molecule has 0 aromatic carbocycles. The van der Waals surface area contributed by atoms with Gasteiger partial charge in [-0.15, -0.1) is 0 Å². The van der Waals surface area contributed by atoms with Gasteiger partial charge in [-0.3, -0.25) is 0 Å². The van der Waals surface area contributed by atoms with Crippen molar-refractivity contribution in [2.75, 3.05) is 0 Å². The van der Waals surface area contributed by atoms with Crippen LogP contribution in [0.2, 0.25) is 0 Å². The van der Waals surface area contributed by atoms with Gasteiger partial charge in [0.25, 0.3) is 0 Å². The Hall–Kier alpha value is -0.910. The zero-order chi connectivity index (χ0) is 28.8. The molecule has 234 valence electrons. The maximum atomic E-state index is 11.6. The van der Waals surface area contributed by atoms with Gasteiger partial charge in [0.15, 0.2) is 0 Å². The molecule has 5 nitrogen and oxygen atoms in total. The van der Waals surface area contributed by atoms with E-state index in [4.69, 9.17) is 9.47 Å². The van der Waals surface area contributed by atoms with Gasteiger partial charge in [0.1, 0.15) is 6.10 Å². The third kappa shape index (κ3) is 15.9. The van der Waals surface area contributed by atoms with Crippen molar-refractivity contribution in [2.24, 2.45) is 0 Å². The average Bonchev–Trinajstić information content (AvgIpc) is 3.56. The Labute approximate surface area is 246 Å². The number of hydrogen-bond acceptors (Lipinski definition) is 5. The first kappa shape index (κ1) is 35.3. The Morgan fingerprint density at radius 1 is 0.675 bits per heavy atom. The van der Waals surface area contributed by atoms with Gasteiger partial charge in [-0.2, -0.15) is 0 Å². The number of aliphatic hydroxyl groups is 2. The van der Waals surface area contributed by atoms with Crippen molar-refractivity contribution in [3.63, 3.8) is 0 Å². The molecule has 2 aliphatic rings. The predicted molar refractivity (Wildman–Crippen MR) is 165 cm³/mol. The molecule has 0 bridgehead atoms. The molecule has 1 saturated heterocycles. The number of hydrogen-bond donors (Lipinski definition) is 2. The van der Waals surface area contributed by atoms with Crippen molar-refractivity contribution in [1.82, 2.24) is 0 Å². The Bertz CT molecular complexity index is 662. The molecule has 0 amide bonds. The molecule has 0 radical (unpaired) electrons. The summed E-state index contributed by atoms with van der Waals surface area (Å²) < 4.78 is 11.2. The smallest absolute Gasteiger partial charge is 0.334 e. The number of carbonyl (C=O) groups excluding carboxylic acids is 1. The second kappa shape index (κ2) is 22.7. The molecular formula is C35H64O5. The Kier molecular flexibility index (Phi) is 20.0. The molecule has 0 spiro atoms. The topological polar surface area (TPSA) is 76.0 Å². The maximum absolute atomic E-state index is 11.6. The molecule has 5 atom stereocenters. The summed E-state index contributed by atoms with van der Waals surface area (Å²) in [5.74, 6) is -0.117. The summed E-state index contributed by atoms with van der Waals surface area (Å²) in [4.78, 5) is 11.6. The monoisotopic (exact) mass is 564 g/mol. The van der Waals surface area contributed by atoms with Gasteiger partial charge in [0.05, 0.1) is 24.4 Å². The third-order valence-corrected chi connectivity index (χ3v) is 8.98. The molecule has 0 aromatic heterocycles. The SMILES string of the molecule is CCCCCCCCCCCC[C@@H](O)[C@H]1CCC([C@H](O)CCCCCCCCCCCCC2=C[C@H](C)OC2=O)O1. The molecule has 40 heavy (non-hydrogen) atoms. The van der Waals surface area contributed by atoms with Crippen LogP contribution in [-0.2, 0) is 14.3 Å². The van der Waals surface area contributed by atoms with Crippen molar-refractivity contribution >= 4 is 5.97 Å². The minimum atomic E-state index is -0.389. The summed E-state index contributed by atoms with van der Waals surface area (Å²) in [5.41, 5.74) is 0.870. The lowest BCUT2D eigenvalue weighted by atomic mass is 10.00. The lowest BCUT2D eigenvalue weighted by Gasteiger charge is -2.22. The largest absolute Gasteiger partial charge is 0.455 e. The van der Waals surface area contributed by atoms with Crippen molar-refractivity contribution in [1.29, 1.82) is 0 Å². The van der Waals surface area contributed by atoms with Crippen molar-refractivity contribution in [2.45, 2.75) is 205 Å². The predicted octanol–water partition coefficient (Wildman–Crippen LogP) is 9.12. The maximum Gasteiger partial charge on any atom is 0.334 e. The van der Waals surface area contributed by atoms with E-state index >= 15 is 0 Å². The van der Waals surface area contributed by atoms with Gasteiger partial charge in [0.2, 0.25) is 0 Å². The number of esters is 1. The summed E-state index contributed by atoms with van der Waals surface area (Å²) in [6, 6.07) is 0. The van der Waals surface area contributed by atoms with Gasteiger partial charge >= 0.3 is 5.97 Å². The van der Waals surface area contributed by atoms with E-state index in [0.717, 1.165) is 56.9 Å². The molecular weight excluding hydrogens is 500 g/mol. The van der Waals surface area contributed by atoms with Crippen LogP contribution in [0.15, 0.2) is 11.6 Å². The highest BCUT2D eigenvalue weighted by molar-refractivity contribution is 5.90. The average molecular weight is 565 g/mol. The van der Waals surface area contributed by atoms with Gasteiger partial charge in [0, 0.05) is 5.57 Å². The number of ether oxygens (including phenoxy) is 2. The van der Waals surface area contributed by atoms with E-state index < -0.39 is 0 Å². The van der Waals surface area contributed by atoms with E-state index in [0.29, 0.717) is 0 Å². The zero-order valence-corrected chi connectivity index (χ0v) is 26.3. The fraction of sp³-hybridized carbons (Fsp3) is 0.914. The number of unbranched alkanes of at least 4 members (excludes halogenated alkanes) is 18. The highest BCUT2D eigenvalue weighted by Crippen LogP contribution is 2.28. The molecule has 1 fully saturated rings. The molecule has 0 aromatic rings. The lowest BCUT2D eigenvalue weighted by molar-refractivity contribution is -0.139. The van der Waals surface area contributed by atoms with Crippen LogP contribution in [0.3, 0.4) is 0 Å². The Morgan fingerprint density at radius 2 is 1.07 bits per heavy atom. The van der Waals surface area contributed by atoms with Crippen molar-refractivity contribution in [3.05, 3.63) is 11.6 Å². The van der Waals surface area contributed by atoms with E-state index in [1.807, 2.05) is 13.0 Å². The van der Waals surface area contributed by atoms with Crippen LogP contribution in [-0.4, -0.2) is 46.7 Å². The van der Waals surface area contributed by atoms with Crippen LogP contribution in [0, 0.1) is 0 Å². The second-order valence-electron chi connectivity index (χ2n) is 12.8. The molecule has 2 N–H and O–H groups in total. The van der Waals surface area contributed by atoms with E-state index in [-0.39, 0.29) is 36.5 Å². The van der Waals surface area contributed by atoms with Gasteiger partial charge < -0.3 is 19.7 Å². The van der Waals surface area contributed by atoms with Crippen molar-refractivity contribution in [3.8, 4) is 0 Å². The number of aliphatic hydroxyl groups excluding tert-OH is 2. The molecule has 2 rings (SSSR count). The van der Waals surface area contributed by atoms with Crippen molar-refractivity contribution < 1.29 is 24.5 Å². The molecule has 0 saturated carbocycles. The van der Waals surface area contributed by atoms with Crippen LogP contribution in [0.1, 0.15) is 174 Å². The summed E-state index contributed by atoms with van der Waals surface area (Å²) >= 11 is 0.